The molecule has 0 heterocycles. The molecule has 0 spiro atoms. The Labute approximate surface area is 213 Å². The first kappa shape index (κ1) is 25.3. The number of hydrogen-bond donors (Lipinski definition) is 1. The maximum atomic E-state index is 13.7. The van der Waals surface area contributed by atoms with Crippen molar-refractivity contribution in [3.63, 3.8) is 0 Å². The number of ether oxygens (including phenoxy) is 2. The molecule has 0 radical (unpaired) electrons. The lowest BCUT2D eigenvalue weighted by Gasteiger charge is -2.32. The Kier molecular flexibility index (Phi) is 8.98. The molecule has 0 aliphatic heterocycles. The fraction of sp³-hybridized carbons (Fsp3) is 0.333. The van der Waals surface area contributed by atoms with E-state index in [2.05, 4.69) is 5.32 Å². The molecule has 188 valence electrons. The molecule has 2 amide bonds. The predicted octanol–water partition coefficient (Wildman–Crippen LogP) is 4.77. The molecule has 1 aliphatic rings. The van der Waals surface area contributed by atoms with E-state index in [9.17, 15) is 9.59 Å². The maximum Gasteiger partial charge on any atom is 0.261 e. The van der Waals surface area contributed by atoms with Gasteiger partial charge in [0.1, 0.15) is 17.5 Å². The van der Waals surface area contributed by atoms with Crippen LogP contribution >= 0.6 is 0 Å². The van der Waals surface area contributed by atoms with Gasteiger partial charge in [0.05, 0.1) is 7.11 Å². The van der Waals surface area contributed by atoms with E-state index in [1.54, 1.807) is 12.0 Å². The van der Waals surface area contributed by atoms with Crippen LogP contribution in [0, 0.1) is 0 Å². The lowest BCUT2D eigenvalue weighted by atomic mass is 10.0. The minimum atomic E-state index is -0.675. The Morgan fingerprint density at radius 2 is 1.53 bits per heavy atom. The van der Waals surface area contributed by atoms with E-state index in [0.29, 0.717) is 17.9 Å². The molecule has 6 heteroatoms. The Balaban J connectivity index is 1.62. The molecule has 3 aromatic rings. The number of benzene rings is 3. The summed E-state index contributed by atoms with van der Waals surface area (Å²) in [5.74, 6) is 0.948. The number of rotatable bonds is 11. The largest absolute Gasteiger partial charge is 0.497 e. The molecule has 0 saturated heterocycles. The Bertz CT molecular complexity index is 1110. The quantitative estimate of drug-likeness (QED) is 0.424. The highest BCUT2D eigenvalue weighted by Gasteiger charge is 2.32. The summed E-state index contributed by atoms with van der Waals surface area (Å²) in [5, 5.41) is 3.22. The van der Waals surface area contributed by atoms with Crippen molar-refractivity contribution in [1.29, 1.82) is 0 Å². The minimum absolute atomic E-state index is 0.123. The molecule has 1 atom stereocenters. The molecule has 0 aromatic heterocycles. The lowest BCUT2D eigenvalue weighted by Crippen LogP contribution is -2.53. The summed E-state index contributed by atoms with van der Waals surface area (Å²) in [6.07, 6.45) is 4.60. The zero-order valence-corrected chi connectivity index (χ0v) is 20.8. The number of amides is 2. The monoisotopic (exact) mass is 486 g/mol. The highest BCUT2D eigenvalue weighted by molar-refractivity contribution is 5.88. The van der Waals surface area contributed by atoms with Crippen molar-refractivity contribution in [1.82, 2.24) is 10.2 Å². The van der Waals surface area contributed by atoms with Gasteiger partial charge >= 0.3 is 0 Å². The van der Waals surface area contributed by atoms with Crippen molar-refractivity contribution in [3.05, 3.63) is 96.1 Å². The molecule has 1 aliphatic carbocycles. The Morgan fingerprint density at radius 3 is 2.22 bits per heavy atom. The molecule has 1 saturated carbocycles. The fourth-order valence-electron chi connectivity index (χ4n) is 4.63. The summed E-state index contributed by atoms with van der Waals surface area (Å²) < 4.78 is 11.2. The number of carbonyl (C=O) groups is 2. The normalized spacial score (nSPS) is 14.1. The molecule has 0 bridgehead atoms. The third kappa shape index (κ3) is 7.11. The molecule has 36 heavy (non-hydrogen) atoms. The average Bonchev–Trinajstić information content (AvgIpc) is 3.43. The minimum Gasteiger partial charge on any atom is -0.497 e. The maximum absolute atomic E-state index is 13.7. The van der Waals surface area contributed by atoms with Crippen LogP contribution in [0.25, 0.3) is 0 Å². The highest BCUT2D eigenvalue weighted by Crippen LogP contribution is 2.21. The van der Waals surface area contributed by atoms with Gasteiger partial charge in [0.25, 0.3) is 5.91 Å². The number of para-hydroxylation sites is 1. The van der Waals surface area contributed by atoms with Crippen LogP contribution < -0.4 is 14.8 Å². The van der Waals surface area contributed by atoms with Crippen molar-refractivity contribution in [3.8, 4) is 11.5 Å². The van der Waals surface area contributed by atoms with Crippen molar-refractivity contribution >= 4 is 11.8 Å². The van der Waals surface area contributed by atoms with E-state index < -0.39 is 6.04 Å². The summed E-state index contributed by atoms with van der Waals surface area (Å²) >= 11 is 0. The van der Waals surface area contributed by atoms with Crippen LogP contribution in [0.1, 0.15) is 36.8 Å². The Morgan fingerprint density at radius 1 is 0.889 bits per heavy atom. The highest BCUT2D eigenvalue weighted by atomic mass is 16.5. The van der Waals surface area contributed by atoms with Gasteiger partial charge in [-0.2, -0.15) is 0 Å². The molecule has 3 aromatic carbocycles. The fourth-order valence-corrected chi connectivity index (χ4v) is 4.63. The van der Waals surface area contributed by atoms with E-state index in [0.717, 1.165) is 36.8 Å². The summed E-state index contributed by atoms with van der Waals surface area (Å²) in [7, 11) is 1.61. The Hall–Kier alpha value is -3.80. The van der Waals surface area contributed by atoms with Crippen molar-refractivity contribution in [2.45, 2.75) is 50.7 Å². The van der Waals surface area contributed by atoms with Gasteiger partial charge in [0.2, 0.25) is 5.91 Å². The summed E-state index contributed by atoms with van der Waals surface area (Å²) in [5.41, 5.74) is 1.88. The van der Waals surface area contributed by atoms with E-state index in [4.69, 9.17) is 9.47 Å². The first-order chi connectivity index (χ1) is 17.6. The number of hydrogen-bond acceptors (Lipinski definition) is 4. The number of carbonyl (C=O) groups excluding carboxylic acids is 2. The third-order valence-corrected chi connectivity index (χ3v) is 6.57. The van der Waals surface area contributed by atoms with Crippen LogP contribution in [0.15, 0.2) is 84.9 Å². The van der Waals surface area contributed by atoms with E-state index in [-0.39, 0.29) is 31.0 Å². The van der Waals surface area contributed by atoms with E-state index >= 15 is 0 Å². The second-order valence-electron chi connectivity index (χ2n) is 9.17. The standard InChI is InChI=1S/C30H34N2O4/c1-35-27-18-10-13-24(19-27)21-32(29(33)22-36-26-16-6-3-7-17-26)28(20-23-11-4-2-5-12-23)30(34)31-25-14-8-9-15-25/h2-7,10-13,16-19,25,28H,8-9,14-15,20-22H2,1H3,(H,31,34)/t28-/m0/s1. The summed E-state index contributed by atoms with van der Waals surface area (Å²) in [4.78, 5) is 29.0. The van der Waals surface area contributed by atoms with E-state index in [1.165, 1.54) is 0 Å². The smallest absolute Gasteiger partial charge is 0.261 e. The molecule has 0 unspecified atom stereocenters. The first-order valence-electron chi connectivity index (χ1n) is 12.6. The lowest BCUT2D eigenvalue weighted by molar-refractivity contribution is -0.143. The van der Waals surface area contributed by atoms with Gasteiger partial charge in [0, 0.05) is 19.0 Å². The first-order valence-corrected chi connectivity index (χ1v) is 12.6. The zero-order chi connectivity index (χ0) is 25.2. The zero-order valence-electron chi connectivity index (χ0n) is 20.8. The van der Waals surface area contributed by atoms with Gasteiger partial charge in [-0.05, 0) is 48.2 Å². The van der Waals surface area contributed by atoms with Gasteiger partial charge in [-0.15, -0.1) is 0 Å². The van der Waals surface area contributed by atoms with Crippen LogP contribution in [0.3, 0.4) is 0 Å². The molecular formula is C30H34N2O4. The van der Waals surface area contributed by atoms with Gasteiger partial charge < -0.3 is 19.7 Å². The summed E-state index contributed by atoms with van der Waals surface area (Å²) in [6, 6.07) is 26.2. The number of nitrogens with zero attached hydrogens (tertiary/aromatic N) is 1. The van der Waals surface area contributed by atoms with Crippen LogP contribution in [-0.2, 0) is 22.6 Å². The van der Waals surface area contributed by atoms with Gasteiger partial charge in [-0.25, -0.2) is 0 Å². The molecule has 6 nitrogen and oxygen atoms in total. The van der Waals surface area contributed by atoms with Crippen LogP contribution in [0.2, 0.25) is 0 Å². The predicted molar refractivity (Wildman–Crippen MR) is 140 cm³/mol. The number of methoxy groups -OCH3 is 1. The molecule has 1 N–H and O–H groups in total. The van der Waals surface area contributed by atoms with Gasteiger partial charge in [0.15, 0.2) is 6.61 Å². The summed E-state index contributed by atoms with van der Waals surface area (Å²) in [6.45, 7) is 0.111. The second kappa shape index (κ2) is 12.8. The van der Waals surface area contributed by atoms with Crippen LogP contribution in [-0.4, -0.2) is 42.5 Å². The molecular weight excluding hydrogens is 452 g/mol. The molecule has 4 rings (SSSR count). The topological polar surface area (TPSA) is 67.9 Å². The van der Waals surface area contributed by atoms with Crippen LogP contribution in [0.5, 0.6) is 11.5 Å². The van der Waals surface area contributed by atoms with Crippen molar-refractivity contribution in [2.75, 3.05) is 13.7 Å². The second-order valence-corrected chi connectivity index (χ2v) is 9.17. The van der Waals surface area contributed by atoms with Gasteiger partial charge in [-0.3, -0.25) is 9.59 Å². The van der Waals surface area contributed by atoms with Crippen LogP contribution in [0.4, 0.5) is 0 Å². The average molecular weight is 487 g/mol. The van der Waals surface area contributed by atoms with Gasteiger partial charge in [-0.1, -0.05) is 73.5 Å². The third-order valence-electron chi connectivity index (χ3n) is 6.57. The number of nitrogens with one attached hydrogen (secondary N) is 1. The van der Waals surface area contributed by atoms with Crippen molar-refractivity contribution < 1.29 is 19.1 Å². The van der Waals surface area contributed by atoms with Crippen molar-refractivity contribution in [2.24, 2.45) is 0 Å². The molecule has 1 fully saturated rings. The SMILES string of the molecule is COc1cccc(CN(C(=O)COc2ccccc2)[C@@H](Cc2ccccc2)C(=O)NC2CCCC2)c1. The van der Waals surface area contributed by atoms with E-state index in [1.807, 2.05) is 84.9 Å².